The van der Waals surface area contributed by atoms with Gasteiger partial charge in [-0.25, -0.2) is 0 Å². The summed E-state index contributed by atoms with van der Waals surface area (Å²) in [6, 6.07) is 1.80. The summed E-state index contributed by atoms with van der Waals surface area (Å²) < 4.78 is 1.89. The molecule has 0 aliphatic heterocycles. The number of carboxylic acids is 1. The molecule has 0 fully saturated rings. The fourth-order valence-corrected chi connectivity index (χ4v) is 2.01. The molecule has 1 aliphatic carbocycles. The van der Waals surface area contributed by atoms with E-state index in [4.69, 9.17) is 5.11 Å². The molecule has 4 heteroatoms. The Hall–Kier alpha value is -1.58. The maximum atomic E-state index is 11.5. The van der Waals surface area contributed by atoms with E-state index in [9.17, 15) is 9.59 Å². The number of Topliss-reactive ketones (excluding diaryl/α,β-unsaturated/α-hetero) is 1. The van der Waals surface area contributed by atoms with Gasteiger partial charge in [-0.05, 0) is 18.9 Å². The molecule has 1 aromatic heterocycles. The van der Waals surface area contributed by atoms with Gasteiger partial charge < -0.3 is 9.67 Å². The van der Waals surface area contributed by atoms with Gasteiger partial charge in [0.1, 0.15) is 0 Å². The first-order chi connectivity index (χ1) is 7.18. The van der Waals surface area contributed by atoms with Crippen molar-refractivity contribution in [3.8, 4) is 0 Å². The highest BCUT2D eigenvalue weighted by atomic mass is 16.4. The smallest absolute Gasteiger partial charge is 0.305 e. The Morgan fingerprint density at radius 1 is 1.47 bits per heavy atom. The summed E-state index contributed by atoms with van der Waals surface area (Å²) in [7, 11) is 0. The van der Waals surface area contributed by atoms with Gasteiger partial charge in [0, 0.05) is 30.4 Å². The van der Waals surface area contributed by atoms with Gasteiger partial charge in [0.15, 0.2) is 5.78 Å². The van der Waals surface area contributed by atoms with Gasteiger partial charge >= 0.3 is 5.97 Å². The van der Waals surface area contributed by atoms with Crippen LogP contribution in [0.2, 0.25) is 0 Å². The lowest BCUT2D eigenvalue weighted by molar-refractivity contribution is -0.137. The molecule has 0 bridgehead atoms. The monoisotopic (exact) mass is 207 g/mol. The SMILES string of the molecule is O=C(O)CCn1ccc2c1CCCC2=O. The number of rotatable bonds is 3. The molecule has 0 atom stereocenters. The van der Waals surface area contributed by atoms with E-state index in [0.717, 1.165) is 24.1 Å². The first-order valence-electron chi connectivity index (χ1n) is 5.11. The van der Waals surface area contributed by atoms with Crippen LogP contribution in [0.25, 0.3) is 0 Å². The van der Waals surface area contributed by atoms with Crippen LogP contribution in [0.15, 0.2) is 12.3 Å². The minimum Gasteiger partial charge on any atom is -0.481 e. The van der Waals surface area contributed by atoms with Crippen molar-refractivity contribution in [3.63, 3.8) is 0 Å². The van der Waals surface area contributed by atoms with E-state index in [1.165, 1.54) is 0 Å². The Labute approximate surface area is 87.5 Å². The molecule has 1 heterocycles. The van der Waals surface area contributed by atoms with E-state index in [2.05, 4.69) is 0 Å². The highest BCUT2D eigenvalue weighted by Crippen LogP contribution is 2.22. The molecule has 0 unspecified atom stereocenters. The number of ketones is 1. The summed E-state index contributed by atoms with van der Waals surface area (Å²) in [6.07, 6.45) is 4.30. The second-order valence-corrected chi connectivity index (χ2v) is 3.79. The number of carbonyl (C=O) groups is 2. The Morgan fingerprint density at radius 2 is 2.27 bits per heavy atom. The molecule has 0 saturated heterocycles. The van der Waals surface area contributed by atoms with Crippen LogP contribution in [0, 0.1) is 0 Å². The van der Waals surface area contributed by atoms with Gasteiger partial charge in [0.05, 0.1) is 6.42 Å². The molecule has 1 N–H and O–H groups in total. The van der Waals surface area contributed by atoms with E-state index >= 15 is 0 Å². The number of aliphatic carboxylic acids is 1. The first-order valence-corrected chi connectivity index (χ1v) is 5.11. The molecular weight excluding hydrogens is 194 g/mol. The van der Waals surface area contributed by atoms with Crippen molar-refractivity contribution < 1.29 is 14.7 Å². The molecule has 80 valence electrons. The first kappa shape index (κ1) is 9.96. The van der Waals surface area contributed by atoms with Crippen molar-refractivity contribution in [2.24, 2.45) is 0 Å². The molecule has 0 radical (unpaired) electrons. The Kier molecular flexibility index (Phi) is 2.58. The van der Waals surface area contributed by atoms with Crippen molar-refractivity contribution in [3.05, 3.63) is 23.5 Å². The highest BCUT2D eigenvalue weighted by Gasteiger charge is 2.20. The second-order valence-electron chi connectivity index (χ2n) is 3.79. The Balaban J connectivity index is 2.19. The maximum absolute atomic E-state index is 11.5. The minimum absolute atomic E-state index is 0.106. The van der Waals surface area contributed by atoms with Crippen molar-refractivity contribution in [2.75, 3.05) is 0 Å². The van der Waals surface area contributed by atoms with Crippen LogP contribution in [-0.4, -0.2) is 21.4 Å². The topological polar surface area (TPSA) is 59.3 Å². The number of carbonyl (C=O) groups excluding carboxylic acids is 1. The lowest BCUT2D eigenvalue weighted by Crippen LogP contribution is -2.14. The van der Waals surface area contributed by atoms with Gasteiger partial charge in [0.25, 0.3) is 0 Å². The highest BCUT2D eigenvalue weighted by molar-refractivity contribution is 5.98. The van der Waals surface area contributed by atoms with E-state index in [-0.39, 0.29) is 12.2 Å². The zero-order valence-electron chi connectivity index (χ0n) is 8.40. The number of hydrogen-bond acceptors (Lipinski definition) is 2. The Morgan fingerprint density at radius 3 is 3.00 bits per heavy atom. The lowest BCUT2D eigenvalue weighted by Gasteiger charge is -2.14. The fourth-order valence-electron chi connectivity index (χ4n) is 2.01. The van der Waals surface area contributed by atoms with Crippen molar-refractivity contribution >= 4 is 11.8 Å². The molecule has 4 nitrogen and oxygen atoms in total. The van der Waals surface area contributed by atoms with Gasteiger partial charge in [-0.1, -0.05) is 0 Å². The van der Waals surface area contributed by atoms with E-state index in [1.807, 2.05) is 10.8 Å². The van der Waals surface area contributed by atoms with Crippen LogP contribution in [0.5, 0.6) is 0 Å². The standard InChI is InChI=1S/C11H13NO3/c13-10-3-1-2-9-8(10)4-6-12(9)7-5-11(14)15/h4,6H,1-3,5,7H2,(H,14,15). The third-order valence-corrected chi connectivity index (χ3v) is 2.76. The number of aromatic nitrogens is 1. The molecular formula is C11H13NO3. The summed E-state index contributed by atoms with van der Waals surface area (Å²) in [5.74, 6) is -0.620. The van der Waals surface area contributed by atoms with Gasteiger partial charge in [-0.3, -0.25) is 9.59 Å². The summed E-state index contributed by atoms with van der Waals surface area (Å²) >= 11 is 0. The van der Waals surface area contributed by atoms with Gasteiger partial charge in [-0.15, -0.1) is 0 Å². The maximum Gasteiger partial charge on any atom is 0.305 e. The summed E-state index contributed by atoms with van der Waals surface area (Å²) in [5.41, 5.74) is 1.79. The average molecular weight is 207 g/mol. The van der Waals surface area contributed by atoms with E-state index in [1.54, 1.807) is 6.07 Å². The quantitative estimate of drug-likeness (QED) is 0.816. The summed E-state index contributed by atoms with van der Waals surface area (Å²) in [6.45, 7) is 0.456. The molecule has 1 aromatic rings. The number of carboxylic acid groups (broad SMARTS) is 1. The lowest BCUT2D eigenvalue weighted by atomic mass is 9.97. The third kappa shape index (κ3) is 1.93. The number of aryl methyl sites for hydroxylation is 1. The van der Waals surface area contributed by atoms with Crippen LogP contribution < -0.4 is 0 Å². The molecule has 1 aliphatic rings. The van der Waals surface area contributed by atoms with Gasteiger partial charge in [-0.2, -0.15) is 0 Å². The molecule has 0 saturated carbocycles. The average Bonchev–Trinajstić information content (AvgIpc) is 2.59. The molecule has 2 rings (SSSR count). The molecule has 15 heavy (non-hydrogen) atoms. The normalized spacial score (nSPS) is 15.1. The molecule has 0 amide bonds. The number of hydrogen-bond donors (Lipinski definition) is 1. The zero-order valence-corrected chi connectivity index (χ0v) is 8.40. The third-order valence-electron chi connectivity index (χ3n) is 2.76. The number of nitrogens with zero attached hydrogens (tertiary/aromatic N) is 1. The summed E-state index contributed by atoms with van der Waals surface area (Å²) in [5, 5.41) is 8.59. The van der Waals surface area contributed by atoms with Crippen molar-refractivity contribution in [1.82, 2.24) is 4.57 Å². The van der Waals surface area contributed by atoms with Crippen molar-refractivity contribution in [1.29, 1.82) is 0 Å². The van der Waals surface area contributed by atoms with Crippen LogP contribution >= 0.6 is 0 Å². The van der Waals surface area contributed by atoms with E-state index < -0.39 is 5.97 Å². The second kappa shape index (κ2) is 3.88. The van der Waals surface area contributed by atoms with Crippen LogP contribution in [0.3, 0.4) is 0 Å². The van der Waals surface area contributed by atoms with Crippen LogP contribution in [-0.2, 0) is 17.8 Å². The van der Waals surface area contributed by atoms with Crippen LogP contribution in [0.4, 0.5) is 0 Å². The van der Waals surface area contributed by atoms with Crippen molar-refractivity contribution in [2.45, 2.75) is 32.2 Å². The minimum atomic E-state index is -0.806. The summed E-state index contributed by atoms with van der Waals surface area (Å²) in [4.78, 5) is 22.0. The number of fused-ring (bicyclic) bond motifs is 1. The van der Waals surface area contributed by atoms with E-state index in [0.29, 0.717) is 13.0 Å². The molecule has 0 spiro atoms. The Bertz CT molecular complexity index is 406. The molecule has 0 aromatic carbocycles. The largest absolute Gasteiger partial charge is 0.481 e. The zero-order chi connectivity index (χ0) is 10.8. The van der Waals surface area contributed by atoms with Gasteiger partial charge in [0.2, 0.25) is 0 Å². The predicted octanol–water partition coefficient (Wildman–Crippen LogP) is 1.48. The van der Waals surface area contributed by atoms with Crippen LogP contribution in [0.1, 0.15) is 35.3 Å². The fraction of sp³-hybridized carbons (Fsp3) is 0.455. The predicted molar refractivity (Wildman–Crippen MR) is 54.0 cm³/mol.